The third-order valence-electron chi connectivity index (χ3n) is 5.53. The van der Waals surface area contributed by atoms with Crippen LogP contribution in [0.25, 0.3) is 0 Å². The topological polar surface area (TPSA) is 58.4 Å². The molecule has 3 N–H and O–H groups in total. The number of hydrogen-bond donors (Lipinski definition) is 2. The van der Waals surface area contributed by atoms with Gasteiger partial charge in [0.1, 0.15) is 0 Å². The van der Waals surface area contributed by atoms with Gasteiger partial charge in [0.2, 0.25) is 5.91 Å². The standard InChI is InChI=1S/C17H33N3O/c1-17(18)11-7-6-10-15(17)16(21)19-12-13-20(2)14-8-4-3-5-9-14/h14-15H,3-13,18H2,1-2H3,(H,19,21). The molecule has 0 heterocycles. The first kappa shape index (κ1) is 16.8. The Morgan fingerprint density at radius 3 is 2.52 bits per heavy atom. The van der Waals surface area contributed by atoms with Crippen molar-refractivity contribution in [3.05, 3.63) is 0 Å². The first-order valence-corrected chi connectivity index (χ1v) is 8.77. The lowest BCUT2D eigenvalue weighted by molar-refractivity contribution is -0.128. The zero-order chi connectivity index (χ0) is 15.3. The van der Waals surface area contributed by atoms with Crippen molar-refractivity contribution in [1.29, 1.82) is 0 Å². The van der Waals surface area contributed by atoms with Gasteiger partial charge in [-0.2, -0.15) is 0 Å². The molecule has 2 rings (SSSR count). The van der Waals surface area contributed by atoms with E-state index in [0.29, 0.717) is 6.04 Å². The molecule has 21 heavy (non-hydrogen) atoms. The van der Waals surface area contributed by atoms with Crippen molar-refractivity contribution in [2.24, 2.45) is 11.7 Å². The molecule has 122 valence electrons. The lowest BCUT2D eigenvalue weighted by Crippen LogP contribution is -2.53. The lowest BCUT2D eigenvalue weighted by Gasteiger charge is -2.37. The minimum atomic E-state index is -0.322. The minimum absolute atomic E-state index is 0.00811. The van der Waals surface area contributed by atoms with Gasteiger partial charge in [0.05, 0.1) is 5.92 Å². The van der Waals surface area contributed by atoms with Gasteiger partial charge in [-0.05, 0) is 39.7 Å². The van der Waals surface area contributed by atoms with Gasteiger partial charge < -0.3 is 16.0 Å². The fourth-order valence-corrected chi connectivity index (χ4v) is 3.97. The molecule has 2 unspecified atom stereocenters. The molecule has 4 nitrogen and oxygen atoms in total. The van der Waals surface area contributed by atoms with E-state index < -0.39 is 0 Å². The molecular weight excluding hydrogens is 262 g/mol. The first-order valence-electron chi connectivity index (χ1n) is 8.77. The predicted molar refractivity (Wildman–Crippen MR) is 87.1 cm³/mol. The normalized spacial score (nSPS) is 31.3. The van der Waals surface area contributed by atoms with Gasteiger partial charge in [-0.1, -0.05) is 32.1 Å². The molecule has 0 bridgehead atoms. The second-order valence-electron chi connectivity index (χ2n) is 7.37. The summed E-state index contributed by atoms with van der Waals surface area (Å²) in [5, 5.41) is 3.12. The summed E-state index contributed by atoms with van der Waals surface area (Å²) >= 11 is 0. The Bertz CT molecular complexity index is 337. The SMILES string of the molecule is CN(CCNC(=O)C1CCCCC1(C)N)C1CCCCC1. The Hall–Kier alpha value is -0.610. The van der Waals surface area contributed by atoms with Crippen LogP contribution in [0.15, 0.2) is 0 Å². The molecule has 0 spiro atoms. The van der Waals surface area contributed by atoms with Crippen LogP contribution < -0.4 is 11.1 Å². The maximum atomic E-state index is 12.4. The summed E-state index contributed by atoms with van der Waals surface area (Å²) in [4.78, 5) is 14.8. The number of rotatable bonds is 5. The largest absolute Gasteiger partial charge is 0.355 e. The predicted octanol–water partition coefficient (Wildman–Crippen LogP) is 2.27. The van der Waals surface area contributed by atoms with E-state index >= 15 is 0 Å². The van der Waals surface area contributed by atoms with E-state index in [0.717, 1.165) is 38.8 Å². The van der Waals surface area contributed by atoms with Gasteiger partial charge in [0.25, 0.3) is 0 Å². The maximum absolute atomic E-state index is 12.4. The van der Waals surface area contributed by atoms with Gasteiger partial charge in [-0.25, -0.2) is 0 Å². The number of carbonyl (C=O) groups excluding carboxylic acids is 1. The van der Waals surface area contributed by atoms with E-state index in [1.54, 1.807) is 0 Å². The van der Waals surface area contributed by atoms with E-state index in [-0.39, 0.29) is 17.4 Å². The van der Waals surface area contributed by atoms with E-state index in [2.05, 4.69) is 17.3 Å². The van der Waals surface area contributed by atoms with E-state index in [1.807, 2.05) is 6.92 Å². The third-order valence-corrected chi connectivity index (χ3v) is 5.53. The third kappa shape index (κ3) is 4.68. The number of amides is 1. The molecule has 1 amide bonds. The lowest BCUT2D eigenvalue weighted by atomic mass is 9.74. The Morgan fingerprint density at radius 1 is 1.19 bits per heavy atom. The van der Waals surface area contributed by atoms with Crippen LogP contribution in [0.1, 0.15) is 64.7 Å². The summed E-state index contributed by atoms with van der Waals surface area (Å²) in [7, 11) is 2.19. The second kappa shape index (κ2) is 7.59. The molecule has 2 fully saturated rings. The molecule has 0 aliphatic heterocycles. The summed E-state index contributed by atoms with van der Waals surface area (Å²) in [6, 6.07) is 0.713. The Labute approximate surface area is 129 Å². The number of nitrogens with two attached hydrogens (primary N) is 1. The highest BCUT2D eigenvalue weighted by molar-refractivity contribution is 5.80. The van der Waals surface area contributed by atoms with Crippen molar-refractivity contribution in [3.63, 3.8) is 0 Å². The van der Waals surface area contributed by atoms with E-state index in [9.17, 15) is 4.79 Å². The zero-order valence-electron chi connectivity index (χ0n) is 13.9. The molecule has 0 aromatic heterocycles. The van der Waals surface area contributed by atoms with Crippen LogP contribution in [-0.4, -0.2) is 42.5 Å². The fraction of sp³-hybridized carbons (Fsp3) is 0.941. The van der Waals surface area contributed by atoms with Crippen molar-refractivity contribution in [2.75, 3.05) is 20.1 Å². The summed E-state index contributed by atoms with van der Waals surface area (Å²) in [6.07, 6.45) is 10.9. The average Bonchev–Trinajstić information content (AvgIpc) is 2.47. The van der Waals surface area contributed by atoms with Crippen molar-refractivity contribution in [3.8, 4) is 0 Å². The van der Waals surface area contributed by atoms with Crippen molar-refractivity contribution in [2.45, 2.75) is 76.3 Å². The molecule has 4 heteroatoms. The zero-order valence-corrected chi connectivity index (χ0v) is 13.9. The minimum Gasteiger partial charge on any atom is -0.355 e. The number of hydrogen-bond acceptors (Lipinski definition) is 3. The molecule has 0 aromatic rings. The highest BCUT2D eigenvalue weighted by atomic mass is 16.1. The number of carbonyl (C=O) groups is 1. The van der Waals surface area contributed by atoms with Crippen LogP contribution in [0.4, 0.5) is 0 Å². The molecular formula is C17H33N3O. The van der Waals surface area contributed by atoms with Crippen LogP contribution in [-0.2, 0) is 4.79 Å². The van der Waals surface area contributed by atoms with Gasteiger partial charge in [0, 0.05) is 24.7 Å². The maximum Gasteiger partial charge on any atom is 0.225 e. The van der Waals surface area contributed by atoms with E-state index in [1.165, 1.54) is 32.1 Å². The highest BCUT2D eigenvalue weighted by Crippen LogP contribution is 2.31. The molecule has 2 aliphatic carbocycles. The first-order chi connectivity index (χ1) is 10.0. The fourth-order valence-electron chi connectivity index (χ4n) is 3.97. The molecule has 2 saturated carbocycles. The van der Waals surface area contributed by atoms with Crippen LogP contribution in [0.2, 0.25) is 0 Å². The van der Waals surface area contributed by atoms with Crippen molar-refractivity contribution in [1.82, 2.24) is 10.2 Å². The van der Waals surface area contributed by atoms with Crippen molar-refractivity contribution >= 4 is 5.91 Å². The second-order valence-corrected chi connectivity index (χ2v) is 7.37. The van der Waals surface area contributed by atoms with Gasteiger partial charge in [-0.15, -0.1) is 0 Å². The van der Waals surface area contributed by atoms with Crippen molar-refractivity contribution < 1.29 is 4.79 Å². The van der Waals surface area contributed by atoms with Crippen LogP contribution >= 0.6 is 0 Å². The summed E-state index contributed by atoms with van der Waals surface area (Å²) in [5.41, 5.74) is 5.98. The Balaban J connectivity index is 1.71. The Morgan fingerprint density at radius 2 is 1.86 bits per heavy atom. The number of nitrogens with zero attached hydrogens (tertiary/aromatic N) is 1. The Kier molecular flexibility index (Phi) is 6.06. The average molecular weight is 295 g/mol. The smallest absolute Gasteiger partial charge is 0.225 e. The molecule has 2 aliphatic rings. The molecule has 0 aromatic carbocycles. The van der Waals surface area contributed by atoms with Crippen LogP contribution in [0.3, 0.4) is 0 Å². The van der Waals surface area contributed by atoms with E-state index in [4.69, 9.17) is 5.73 Å². The van der Waals surface area contributed by atoms with Crippen LogP contribution in [0, 0.1) is 5.92 Å². The molecule has 0 saturated heterocycles. The summed E-state index contributed by atoms with van der Waals surface area (Å²) in [6.45, 7) is 3.73. The van der Waals surface area contributed by atoms with Crippen LogP contribution in [0.5, 0.6) is 0 Å². The molecule has 0 radical (unpaired) electrons. The summed E-state index contributed by atoms with van der Waals surface area (Å²) in [5.74, 6) is 0.156. The number of likely N-dealkylation sites (N-methyl/N-ethyl adjacent to an activating group) is 1. The summed E-state index contributed by atoms with van der Waals surface area (Å²) < 4.78 is 0. The number of nitrogens with one attached hydrogen (secondary N) is 1. The highest BCUT2D eigenvalue weighted by Gasteiger charge is 2.37. The van der Waals surface area contributed by atoms with Gasteiger partial charge in [0.15, 0.2) is 0 Å². The molecule has 2 atom stereocenters. The van der Waals surface area contributed by atoms with Gasteiger partial charge in [-0.3, -0.25) is 4.79 Å². The monoisotopic (exact) mass is 295 g/mol. The quantitative estimate of drug-likeness (QED) is 0.818. The van der Waals surface area contributed by atoms with Gasteiger partial charge >= 0.3 is 0 Å².